The summed E-state index contributed by atoms with van der Waals surface area (Å²) in [6.07, 6.45) is 0. The Bertz CT molecular complexity index is 526. The Kier molecular flexibility index (Phi) is 2.01. The summed E-state index contributed by atoms with van der Waals surface area (Å²) >= 11 is 0. The summed E-state index contributed by atoms with van der Waals surface area (Å²) in [4.78, 5) is 6.67. The molecule has 0 amide bonds. The first kappa shape index (κ1) is 9.17. The topological polar surface area (TPSA) is 74.8 Å². The molecule has 0 unspecified atom stereocenters. The van der Waals surface area contributed by atoms with Crippen LogP contribution < -0.4 is 4.72 Å². The van der Waals surface area contributed by atoms with E-state index in [2.05, 4.69) is 14.7 Å². The van der Waals surface area contributed by atoms with Gasteiger partial charge in [-0.3, -0.25) is 0 Å². The number of benzene rings is 1. The predicted octanol–water partition coefficient (Wildman–Crippen LogP) is 0.471. The van der Waals surface area contributed by atoms with E-state index in [1.165, 1.54) is 7.05 Å². The number of sulfonamides is 1. The van der Waals surface area contributed by atoms with Crippen molar-refractivity contribution < 1.29 is 8.42 Å². The molecule has 6 heteroatoms. The molecule has 0 radical (unpaired) electrons. The smallest absolute Gasteiger partial charge is 0.274 e. The highest BCUT2D eigenvalue weighted by molar-refractivity contribution is 7.89. The summed E-state index contributed by atoms with van der Waals surface area (Å²) in [5, 5.41) is -0.0544. The molecular weight excluding hydrogens is 202 g/mol. The van der Waals surface area contributed by atoms with Crippen molar-refractivity contribution in [1.82, 2.24) is 14.7 Å². The van der Waals surface area contributed by atoms with E-state index in [4.69, 9.17) is 0 Å². The van der Waals surface area contributed by atoms with E-state index in [1.54, 1.807) is 18.2 Å². The fourth-order valence-electron chi connectivity index (χ4n) is 1.15. The van der Waals surface area contributed by atoms with Crippen LogP contribution in [-0.4, -0.2) is 25.4 Å². The minimum absolute atomic E-state index is 0.0544. The number of nitrogens with one attached hydrogen (secondary N) is 2. The van der Waals surface area contributed by atoms with E-state index >= 15 is 0 Å². The molecule has 5 nitrogen and oxygen atoms in total. The van der Waals surface area contributed by atoms with E-state index in [0.29, 0.717) is 11.0 Å². The lowest BCUT2D eigenvalue weighted by molar-refractivity contribution is 0.581. The lowest BCUT2D eigenvalue weighted by atomic mass is 10.3. The Morgan fingerprint density at radius 3 is 2.71 bits per heavy atom. The quantitative estimate of drug-likeness (QED) is 0.758. The fourth-order valence-corrected chi connectivity index (χ4v) is 1.81. The van der Waals surface area contributed by atoms with Crippen LogP contribution in [0.15, 0.2) is 29.4 Å². The van der Waals surface area contributed by atoms with E-state index in [1.807, 2.05) is 6.07 Å². The van der Waals surface area contributed by atoms with Crippen LogP contribution in [0.2, 0.25) is 0 Å². The highest BCUT2D eigenvalue weighted by Gasteiger charge is 2.15. The highest BCUT2D eigenvalue weighted by atomic mass is 32.2. The zero-order valence-corrected chi connectivity index (χ0v) is 8.30. The summed E-state index contributed by atoms with van der Waals surface area (Å²) in [7, 11) is -2.13. The van der Waals surface area contributed by atoms with Crippen molar-refractivity contribution in [3.63, 3.8) is 0 Å². The Hall–Kier alpha value is -1.40. The number of para-hydroxylation sites is 2. The van der Waals surface area contributed by atoms with Crippen LogP contribution in [0.4, 0.5) is 0 Å². The molecule has 2 aromatic rings. The van der Waals surface area contributed by atoms with Gasteiger partial charge >= 0.3 is 0 Å². The van der Waals surface area contributed by atoms with Crippen LogP contribution in [0.3, 0.4) is 0 Å². The molecule has 0 atom stereocenters. The lowest BCUT2D eigenvalue weighted by Crippen LogP contribution is -2.19. The number of fused-ring (bicyclic) bond motifs is 1. The van der Waals surface area contributed by atoms with E-state index in [0.717, 1.165) is 0 Å². The largest absolute Gasteiger partial charge is 0.328 e. The SMILES string of the molecule is CNS(=O)(=O)c1nc2ccccc2[nH]1. The second-order valence-electron chi connectivity index (χ2n) is 2.77. The molecule has 0 saturated heterocycles. The molecule has 0 saturated carbocycles. The van der Waals surface area contributed by atoms with Crippen LogP contribution in [0, 0.1) is 0 Å². The number of aromatic amines is 1. The molecular formula is C8H9N3O2S. The first-order valence-corrected chi connectivity index (χ1v) is 5.50. The zero-order valence-electron chi connectivity index (χ0n) is 7.48. The summed E-state index contributed by atoms with van der Waals surface area (Å²) in [5.74, 6) is 0. The Morgan fingerprint density at radius 2 is 2.07 bits per heavy atom. The van der Waals surface area contributed by atoms with Crippen LogP contribution in [0.1, 0.15) is 0 Å². The first-order valence-electron chi connectivity index (χ1n) is 4.02. The van der Waals surface area contributed by atoms with Gasteiger partial charge in [-0.15, -0.1) is 0 Å². The summed E-state index contributed by atoms with van der Waals surface area (Å²) in [6.45, 7) is 0. The number of H-pyrrole nitrogens is 1. The van der Waals surface area contributed by atoms with Crippen molar-refractivity contribution in [3.05, 3.63) is 24.3 Å². The molecule has 0 aliphatic rings. The van der Waals surface area contributed by atoms with Crippen molar-refractivity contribution in [1.29, 1.82) is 0 Å². The lowest BCUT2D eigenvalue weighted by Gasteiger charge is -1.94. The summed E-state index contributed by atoms with van der Waals surface area (Å²) in [6, 6.07) is 7.15. The molecule has 1 aromatic carbocycles. The molecule has 74 valence electrons. The summed E-state index contributed by atoms with van der Waals surface area (Å²) < 4.78 is 24.9. The van der Waals surface area contributed by atoms with Gasteiger partial charge in [0.25, 0.3) is 10.0 Å². The maximum atomic E-state index is 11.4. The maximum absolute atomic E-state index is 11.4. The third-order valence-electron chi connectivity index (χ3n) is 1.89. The Labute approximate surface area is 81.2 Å². The van der Waals surface area contributed by atoms with Crippen molar-refractivity contribution in [2.45, 2.75) is 5.16 Å². The molecule has 2 N–H and O–H groups in total. The van der Waals surface area contributed by atoms with Gasteiger partial charge in [0, 0.05) is 0 Å². The number of imidazole rings is 1. The number of hydrogen-bond acceptors (Lipinski definition) is 3. The average molecular weight is 211 g/mol. The predicted molar refractivity (Wildman–Crippen MR) is 52.3 cm³/mol. The standard InChI is InChI=1S/C8H9N3O2S/c1-9-14(12,13)8-10-6-4-2-3-5-7(6)11-8/h2-5,9H,1H3,(H,10,11). The monoisotopic (exact) mass is 211 g/mol. The number of nitrogens with zero attached hydrogens (tertiary/aromatic N) is 1. The number of rotatable bonds is 2. The highest BCUT2D eigenvalue weighted by Crippen LogP contribution is 2.12. The second kappa shape index (κ2) is 3.07. The second-order valence-corrected chi connectivity index (χ2v) is 4.57. The molecule has 0 bridgehead atoms. The van der Waals surface area contributed by atoms with Gasteiger partial charge in [-0.25, -0.2) is 18.1 Å². The van der Waals surface area contributed by atoms with Crippen LogP contribution in [0.5, 0.6) is 0 Å². The van der Waals surface area contributed by atoms with Gasteiger partial charge in [0.2, 0.25) is 5.16 Å². The van der Waals surface area contributed by atoms with E-state index in [-0.39, 0.29) is 5.16 Å². The minimum Gasteiger partial charge on any atom is -0.328 e. The average Bonchev–Trinajstić information content (AvgIpc) is 2.61. The van der Waals surface area contributed by atoms with Crippen LogP contribution >= 0.6 is 0 Å². The van der Waals surface area contributed by atoms with Gasteiger partial charge in [0.15, 0.2) is 0 Å². The molecule has 0 fully saturated rings. The molecule has 0 aliphatic carbocycles. The minimum atomic E-state index is -3.48. The fraction of sp³-hybridized carbons (Fsp3) is 0.125. The van der Waals surface area contributed by atoms with Gasteiger partial charge in [0.05, 0.1) is 11.0 Å². The number of hydrogen-bond donors (Lipinski definition) is 2. The van der Waals surface area contributed by atoms with Gasteiger partial charge < -0.3 is 4.98 Å². The van der Waals surface area contributed by atoms with Crippen molar-refractivity contribution in [2.75, 3.05) is 7.05 Å². The van der Waals surface area contributed by atoms with E-state index in [9.17, 15) is 8.42 Å². The first-order chi connectivity index (χ1) is 6.63. The number of aromatic nitrogens is 2. The Balaban J connectivity index is 2.67. The molecule has 1 heterocycles. The van der Waals surface area contributed by atoms with Crippen molar-refractivity contribution >= 4 is 21.1 Å². The van der Waals surface area contributed by atoms with Gasteiger partial charge in [-0.1, -0.05) is 12.1 Å². The molecule has 2 rings (SSSR count). The van der Waals surface area contributed by atoms with Gasteiger partial charge in [-0.05, 0) is 19.2 Å². The van der Waals surface area contributed by atoms with Crippen molar-refractivity contribution in [2.24, 2.45) is 0 Å². The zero-order chi connectivity index (χ0) is 10.2. The summed E-state index contributed by atoms with van der Waals surface area (Å²) in [5.41, 5.74) is 1.35. The van der Waals surface area contributed by atoms with Gasteiger partial charge in [-0.2, -0.15) is 0 Å². The third-order valence-corrected chi connectivity index (χ3v) is 3.13. The maximum Gasteiger partial charge on any atom is 0.274 e. The molecule has 0 spiro atoms. The molecule has 1 aromatic heterocycles. The molecule has 14 heavy (non-hydrogen) atoms. The third kappa shape index (κ3) is 1.38. The van der Waals surface area contributed by atoms with Crippen LogP contribution in [0.25, 0.3) is 11.0 Å². The van der Waals surface area contributed by atoms with Crippen molar-refractivity contribution in [3.8, 4) is 0 Å². The molecule has 0 aliphatic heterocycles. The van der Waals surface area contributed by atoms with E-state index < -0.39 is 10.0 Å². The normalized spacial score (nSPS) is 12.1. The Morgan fingerprint density at radius 1 is 1.36 bits per heavy atom. The van der Waals surface area contributed by atoms with Gasteiger partial charge in [0.1, 0.15) is 0 Å². The van der Waals surface area contributed by atoms with Crippen LogP contribution in [-0.2, 0) is 10.0 Å².